The summed E-state index contributed by atoms with van der Waals surface area (Å²) in [6.07, 6.45) is 0. The molecule has 100 valence electrons. The highest BCUT2D eigenvalue weighted by atomic mass is 32.1. The number of hydrogen-bond acceptors (Lipinski definition) is 6. The van der Waals surface area contributed by atoms with E-state index in [9.17, 15) is 4.79 Å². The smallest absolute Gasteiger partial charge is 0.326 e. The first-order valence-electron chi connectivity index (χ1n) is 5.81. The van der Waals surface area contributed by atoms with Gasteiger partial charge in [-0.05, 0) is 14.1 Å². The van der Waals surface area contributed by atoms with Gasteiger partial charge in [-0.2, -0.15) is 0 Å². The number of nitrogens with two attached hydrogens (primary N) is 1. The van der Waals surface area contributed by atoms with Crippen molar-refractivity contribution in [3.63, 3.8) is 0 Å². The van der Waals surface area contributed by atoms with Gasteiger partial charge in [0.05, 0.1) is 11.7 Å². The first-order valence-corrected chi connectivity index (χ1v) is 6.69. The highest BCUT2D eigenvalue weighted by molar-refractivity contribution is 7.09. The van der Waals surface area contributed by atoms with Gasteiger partial charge in [-0.25, -0.2) is 4.98 Å². The minimum Gasteiger partial charge on any atom is -0.480 e. The Kier molecular flexibility index (Phi) is 3.96. The fourth-order valence-corrected chi connectivity index (χ4v) is 3.01. The van der Waals surface area contributed by atoms with Gasteiger partial charge in [0.2, 0.25) is 0 Å². The van der Waals surface area contributed by atoms with Crippen LogP contribution in [0.5, 0.6) is 0 Å². The number of rotatable bonds is 3. The van der Waals surface area contributed by atoms with Crippen molar-refractivity contribution in [2.75, 3.05) is 33.7 Å². The Morgan fingerprint density at radius 2 is 2.33 bits per heavy atom. The number of carboxylic acid groups (broad SMARTS) is 1. The van der Waals surface area contributed by atoms with Crippen LogP contribution >= 0.6 is 11.3 Å². The SMILES string of the molecule is CN1CCN(C)C(c2nc(C(N)C(=O)O)cs2)C1. The van der Waals surface area contributed by atoms with E-state index in [1.54, 1.807) is 5.38 Å². The summed E-state index contributed by atoms with van der Waals surface area (Å²) in [5.41, 5.74) is 6.01. The molecule has 2 unspecified atom stereocenters. The maximum atomic E-state index is 10.8. The number of piperazine rings is 1. The molecule has 0 radical (unpaired) electrons. The third kappa shape index (κ3) is 2.69. The summed E-state index contributed by atoms with van der Waals surface area (Å²) in [4.78, 5) is 19.7. The van der Waals surface area contributed by atoms with Crippen LogP contribution in [-0.4, -0.2) is 59.6 Å². The molecule has 18 heavy (non-hydrogen) atoms. The summed E-state index contributed by atoms with van der Waals surface area (Å²) in [5, 5.41) is 11.6. The van der Waals surface area contributed by atoms with Gasteiger partial charge >= 0.3 is 5.97 Å². The number of likely N-dealkylation sites (N-methyl/N-ethyl adjacent to an activating group) is 2. The molecular formula is C11H18N4O2S. The zero-order valence-electron chi connectivity index (χ0n) is 10.5. The van der Waals surface area contributed by atoms with Crippen LogP contribution in [0.4, 0.5) is 0 Å². The molecule has 0 saturated carbocycles. The molecule has 1 saturated heterocycles. The van der Waals surface area contributed by atoms with E-state index in [1.807, 2.05) is 0 Å². The number of nitrogens with zero attached hydrogens (tertiary/aromatic N) is 3. The van der Waals surface area contributed by atoms with Crippen molar-refractivity contribution in [2.24, 2.45) is 5.73 Å². The molecule has 1 aromatic heterocycles. The highest BCUT2D eigenvalue weighted by Gasteiger charge is 2.27. The lowest BCUT2D eigenvalue weighted by Gasteiger charge is -2.36. The highest BCUT2D eigenvalue weighted by Crippen LogP contribution is 2.27. The maximum Gasteiger partial charge on any atom is 0.326 e. The molecule has 2 atom stereocenters. The Morgan fingerprint density at radius 1 is 1.61 bits per heavy atom. The zero-order chi connectivity index (χ0) is 13.3. The second-order valence-corrected chi connectivity index (χ2v) is 5.57. The van der Waals surface area contributed by atoms with Crippen molar-refractivity contribution in [3.05, 3.63) is 16.1 Å². The number of carbonyl (C=O) groups is 1. The molecule has 2 rings (SSSR count). The standard InChI is InChI=1S/C11H18N4O2S/c1-14-3-4-15(2)8(5-14)10-13-7(6-18-10)9(12)11(16)17/h6,8-9H,3-5,12H2,1-2H3,(H,16,17). The number of aliphatic carboxylic acids is 1. The predicted octanol–water partition coefficient (Wildman–Crippen LogP) is 0.146. The maximum absolute atomic E-state index is 10.8. The van der Waals surface area contributed by atoms with Crippen LogP contribution in [0.3, 0.4) is 0 Å². The summed E-state index contributed by atoms with van der Waals surface area (Å²) >= 11 is 1.48. The molecule has 2 heterocycles. The Balaban J connectivity index is 2.16. The van der Waals surface area contributed by atoms with Crippen LogP contribution in [-0.2, 0) is 4.79 Å². The van der Waals surface area contributed by atoms with E-state index in [4.69, 9.17) is 10.8 Å². The summed E-state index contributed by atoms with van der Waals surface area (Å²) in [5.74, 6) is -1.04. The lowest BCUT2D eigenvalue weighted by atomic mass is 10.2. The van der Waals surface area contributed by atoms with Crippen LogP contribution in [0.25, 0.3) is 0 Å². The first kappa shape index (κ1) is 13.4. The van der Waals surface area contributed by atoms with Gasteiger partial charge in [0.25, 0.3) is 0 Å². The summed E-state index contributed by atoms with van der Waals surface area (Å²) in [7, 11) is 4.15. The van der Waals surface area contributed by atoms with E-state index in [0.717, 1.165) is 24.6 Å². The first-order chi connectivity index (χ1) is 8.49. The minimum atomic E-state index is -1.04. The largest absolute Gasteiger partial charge is 0.480 e. The van der Waals surface area contributed by atoms with Gasteiger partial charge in [0.15, 0.2) is 0 Å². The van der Waals surface area contributed by atoms with Gasteiger partial charge < -0.3 is 15.7 Å². The lowest BCUT2D eigenvalue weighted by Crippen LogP contribution is -2.44. The van der Waals surface area contributed by atoms with Crippen molar-refractivity contribution < 1.29 is 9.90 Å². The molecule has 3 N–H and O–H groups in total. The van der Waals surface area contributed by atoms with Gasteiger partial charge in [-0.15, -0.1) is 11.3 Å². The molecule has 0 aromatic carbocycles. The molecule has 6 nitrogen and oxygen atoms in total. The van der Waals surface area contributed by atoms with Crippen LogP contribution < -0.4 is 5.73 Å². The Labute approximate surface area is 110 Å². The van der Waals surface area contributed by atoms with Crippen molar-refractivity contribution in [1.29, 1.82) is 0 Å². The van der Waals surface area contributed by atoms with Crippen molar-refractivity contribution in [3.8, 4) is 0 Å². The van der Waals surface area contributed by atoms with E-state index in [1.165, 1.54) is 11.3 Å². The van der Waals surface area contributed by atoms with Crippen LogP contribution in [0, 0.1) is 0 Å². The molecule has 1 aliphatic rings. The second kappa shape index (κ2) is 5.31. The summed E-state index contributed by atoms with van der Waals surface area (Å²) in [6, 6.07) is -0.801. The topological polar surface area (TPSA) is 82.7 Å². The zero-order valence-corrected chi connectivity index (χ0v) is 11.4. The van der Waals surface area contributed by atoms with Crippen molar-refractivity contribution in [2.45, 2.75) is 12.1 Å². The molecule has 0 bridgehead atoms. The molecule has 1 aromatic rings. The van der Waals surface area contributed by atoms with Gasteiger partial charge in [-0.1, -0.05) is 0 Å². The van der Waals surface area contributed by atoms with E-state index < -0.39 is 12.0 Å². The average molecular weight is 270 g/mol. The van der Waals surface area contributed by atoms with Gasteiger partial charge in [-0.3, -0.25) is 9.69 Å². The van der Waals surface area contributed by atoms with E-state index >= 15 is 0 Å². The van der Waals surface area contributed by atoms with Gasteiger partial charge in [0, 0.05) is 25.0 Å². The molecule has 0 aliphatic carbocycles. The minimum absolute atomic E-state index is 0.225. The Hall–Kier alpha value is -1.02. The van der Waals surface area contributed by atoms with Gasteiger partial charge in [0.1, 0.15) is 11.0 Å². The molecule has 0 amide bonds. The third-order valence-corrected chi connectivity index (χ3v) is 4.22. The Morgan fingerprint density at radius 3 is 3.00 bits per heavy atom. The number of hydrogen-bond donors (Lipinski definition) is 2. The summed E-state index contributed by atoms with van der Waals surface area (Å²) in [6.45, 7) is 2.94. The molecule has 0 spiro atoms. The Bertz CT molecular complexity index is 436. The lowest BCUT2D eigenvalue weighted by molar-refractivity contribution is -0.138. The number of thiazole rings is 1. The quantitative estimate of drug-likeness (QED) is 0.813. The summed E-state index contributed by atoms with van der Waals surface area (Å²) < 4.78 is 0. The van der Waals surface area contributed by atoms with E-state index in [0.29, 0.717) is 5.69 Å². The predicted molar refractivity (Wildman–Crippen MR) is 69.5 cm³/mol. The second-order valence-electron chi connectivity index (χ2n) is 4.69. The average Bonchev–Trinajstić information content (AvgIpc) is 2.80. The van der Waals surface area contributed by atoms with Crippen LogP contribution in [0.15, 0.2) is 5.38 Å². The fourth-order valence-electron chi connectivity index (χ4n) is 2.00. The monoisotopic (exact) mass is 270 g/mol. The molecule has 1 aliphatic heterocycles. The molecule has 1 fully saturated rings. The van der Waals surface area contributed by atoms with E-state index in [-0.39, 0.29) is 6.04 Å². The fraction of sp³-hybridized carbons (Fsp3) is 0.636. The van der Waals surface area contributed by atoms with Crippen LogP contribution in [0.2, 0.25) is 0 Å². The van der Waals surface area contributed by atoms with Crippen molar-refractivity contribution in [1.82, 2.24) is 14.8 Å². The van der Waals surface area contributed by atoms with Crippen molar-refractivity contribution >= 4 is 17.3 Å². The van der Waals surface area contributed by atoms with Crippen LogP contribution in [0.1, 0.15) is 22.8 Å². The number of aromatic nitrogens is 1. The molecular weight excluding hydrogens is 252 g/mol. The third-order valence-electron chi connectivity index (χ3n) is 3.26. The van der Waals surface area contributed by atoms with E-state index in [2.05, 4.69) is 28.9 Å². The number of carboxylic acids is 1. The molecule has 7 heteroatoms. The normalized spacial score (nSPS) is 24.1.